The van der Waals surface area contributed by atoms with Crippen molar-refractivity contribution in [3.8, 4) is 6.01 Å². The summed E-state index contributed by atoms with van der Waals surface area (Å²) >= 11 is 0. The summed E-state index contributed by atoms with van der Waals surface area (Å²) < 4.78 is 5.65. The standard InChI is InChI=1S/C16H28N4O/c1-12(2)9-17-10-14-11-18-16(19-13(14)3)21-8-7-20(4)15-5-6-15/h11-12,15,17H,5-10H2,1-4H3. The van der Waals surface area contributed by atoms with Gasteiger partial charge in [-0.1, -0.05) is 13.8 Å². The first-order chi connectivity index (χ1) is 10.1. The largest absolute Gasteiger partial charge is 0.462 e. The van der Waals surface area contributed by atoms with Crippen molar-refractivity contribution in [2.24, 2.45) is 5.92 Å². The average molecular weight is 292 g/mol. The Labute approximate surface area is 128 Å². The van der Waals surface area contributed by atoms with Crippen molar-refractivity contribution in [1.29, 1.82) is 0 Å². The maximum absolute atomic E-state index is 5.65. The Morgan fingerprint density at radius 3 is 2.81 bits per heavy atom. The van der Waals surface area contributed by atoms with Crippen LogP contribution in [0, 0.1) is 12.8 Å². The first kappa shape index (κ1) is 16.2. The Hall–Kier alpha value is -1.20. The van der Waals surface area contributed by atoms with Crippen molar-refractivity contribution < 1.29 is 4.74 Å². The number of rotatable bonds is 9. The molecular weight excluding hydrogens is 264 g/mol. The Morgan fingerprint density at radius 2 is 2.19 bits per heavy atom. The van der Waals surface area contributed by atoms with E-state index < -0.39 is 0 Å². The molecular formula is C16H28N4O. The Morgan fingerprint density at radius 1 is 1.43 bits per heavy atom. The second-order valence-electron chi connectivity index (χ2n) is 6.35. The van der Waals surface area contributed by atoms with Crippen LogP contribution in [0.15, 0.2) is 6.20 Å². The van der Waals surface area contributed by atoms with E-state index in [0.29, 0.717) is 18.5 Å². The number of aromatic nitrogens is 2. The van der Waals surface area contributed by atoms with Crippen molar-refractivity contribution in [1.82, 2.24) is 20.2 Å². The molecule has 0 spiro atoms. The van der Waals surface area contributed by atoms with Gasteiger partial charge in [0, 0.05) is 36.6 Å². The minimum absolute atomic E-state index is 0.490. The third-order valence-corrected chi connectivity index (χ3v) is 3.77. The molecule has 0 aromatic carbocycles. The molecule has 2 rings (SSSR count). The lowest BCUT2D eigenvalue weighted by molar-refractivity contribution is 0.220. The second-order valence-corrected chi connectivity index (χ2v) is 6.35. The van der Waals surface area contributed by atoms with Crippen LogP contribution in [0.2, 0.25) is 0 Å². The van der Waals surface area contributed by atoms with E-state index in [4.69, 9.17) is 4.74 Å². The highest BCUT2D eigenvalue weighted by molar-refractivity contribution is 5.17. The fraction of sp³-hybridized carbons (Fsp3) is 0.750. The van der Waals surface area contributed by atoms with Crippen LogP contribution in [0.5, 0.6) is 6.01 Å². The highest BCUT2D eigenvalue weighted by atomic mass is 16.5. The lowest BCUT2D eigenvalue weighted by atomic mass is 10.2. The Kier molecular flexibility index (Phi) is 5.94. The van der Waals surface area contributed by atoms with Crippen LogP contribution in [-0.4, -0.2) is 47.7 Å². The van der Waals surface area contributed by atoms with Gasteiger partial charge in [-0.25, -0.2) is 9.97 Å². The monoisotopic (exact) mass is 292 g/mol. The maximum atomic E-state index is 5.65. The van der Waals surface area contributed by atoms with E-state index in [2.05, 4.69) is 41.1 Å². The van der Waals surface area contributed by atoms with E-state index in [-0.39, 0.29) is 0 Å². The van der Waals surface area contributed by atoms with Crippen molar-refractivity contribution >= 4 is 0 Å². The zero-order chi connectivity index (χ0) is 15.2. The van der Waals surface area contributed by atoms with Gasteiger partial charge in [0.1, 0.15) is 6.61 Å². The van der Waals surface area contributed by atoms with Crippen LogP contribution in [0.3, 0.4) is 0 Å². The second kappa shape index (κ2) is 7.71. The highest BCUT2D eigenvalue weighted by Crippen LogP contribution is 2.24. The molecule has 1 aliphatic rings. The third-order valence-electron chi connectivity index (χ3n) is 3.77. The number of hydrogen-bond donors (Lipinski definition) is 1. The quantitative estimate of drug-likeness (QED) is 0.754. The SMILES string of the molecule is Cc1nc(OCCN(C)C2CC2)ncc1CNCC(C)C. The molecule has 1 aromatic rings. The summed E-state index contributed by atoms with van der Waals surface area (Å²) in [5, 5.41) is 3.41. The fourth-order valence-electron chi connectivity index (χ4n) is 2.19. The summed E-state index contributed by atoms with van der Waals surface area (Å²) in [6, 6.07) is 1.26. The van der Waals surface area contributed by atoms with Gasteiger partial charge in [0.15, 0.2) is 0 Å². The van der Waals surface area contributed by atoms with Crippen LogP contribution in [0.25, 0.3) is 0 Å². The number of nitrogens with one attached hydrogen (secondary N) is 1. The van der Waals surface area contributed by atoms with Crippen molar-refractivity contribution in [3.63, 3.8) is 0 Å². The van der Waals surface area contributed by atoms with Crippen LogP contribution in [-0.2, 0) is 6.54 Å². The van der Waals surface area contributed by atoms with Gasteiger partial charge in [0.25, 0.3) is 0 Å². The molecule has 21 heavy (non-hydrogen) atoms. The lowest BCUT2D eigenvalue weighted by Gasteiger charge is -2.15. The molecule has 0 amide bonds. The molecule has 1 heterocycles. The molecule has 5 heteroatoms. The minimum Gasteiger partial charge on any atom is -0.462 e. The van der Waals surface area contributed by atoms with Gasteiger partial charge in [0.2, 0.25) is 0 Å². The first-order valence-corrected chi connectivity index (χ1v) is 7.92. The van der Waals surface area contributed by atoms with E-state index >= 15 is 0 Å². The zero-order valence-corrected chi connectivity index (χ0v) is 13.7. The van der Waals surface area contributed by atoms with Gasteiger partial charge >= 0.3 is 6.01 Å². The molecule has 1 aliphatic carbocycles. The third kappa shape index (κ3) is 5.59. The molecule has 0 aliphatic heterocycles. The summed E-state index contributed by atoms with van der Waals surface area (Å²) in [5.74, 6) is 0.650. The molecule has 1 fully saturated rings. The van der Waals surface area contributed by atoms with E-state index in [1.54, 1.807) is 0 Å². The molecule has 0 radical (unpaired) electrons. The van der Waals surface area contributed by atoms with Gasteiger partial charge in [-0.15, -0.1) is 0 Å². The summed E-state index contributed by atoms with van der Waals surface area (Å²) in [4.78, 5) is 11.1. The highest BCUT2D eigenvalue weighted by Gasteiger charge is 2.25. The maximum Gasteiger partial charge on any atom is 0.316 e. The summed E-state index contributed by atoms with van der Waals surface area (Å²) in [6.07, 6.45) is 4.52. The normalized spacial score (nSPS) is 15.0. The molecule has 1 N–H and O–H groups in total. The van der Waals surface area contributed by atoms with Crippen LogP contribution >= 0.6 is 0 Å². The first-order valence-electron chi connectivity index (χ1n) is 7.92. The number of aryl methyl sites for hydroxylation is 1. The Bertz CT molecular complexity index is 446. The number of ether oxygens (including phenoxy) is 1. The molecule has 1 aromatic heterocycles. The molecule has 0 unspecified atom stereocenters. The van der Waals surface area contributed by atoms with Crippen molar-refractivity contribution in [2.75, 3.05) is 26.7 Å². The number of likely N-dealkylation sites (N-methyl/N-ethyl adjacent to an activating group) is 1. The summed E-state index contributed by atoms with van der Waals surface area (Å²) in [5.41, 5.74) is 2.13. The van der Waals surface area contributed by atoms with Gasteiger partial charge < -0.3 is 15.0 Å². The van der Waals surface area contributed by atoms with E-state index in [0.717, 1.165) is 36.9 Å². The van der Waals surface area contributed by atoms with Crippen LogP contribution in [0.1, 0.15) is 37.9 Å². The molecule has 0 atom stereocenters. The molecule has 0 bridgehead atoms. The van der Waals surface area contributed by atoms with Gasteiger partial charge in [-0.05, 0) is 39.3 Å². The number of nitrogens with zero attached hydrogens (tertiary/aromatic N) is 3. The summed E-state index contributed by atoms with van der Waals surface area (Å²) in [7, 11) is 2.15. The summed E-state index contributed by atoms with van der Waals surface area (Å²) in [6.45, 7) is 9.82. The van der Waals surface area contributed by atoms with E-state index in [1.807, 2.05) is 13.1 Å². The van der Waals surface area contributed by atoms with Crippen LogP contribution < -0.4 is 10.1 Å². The van der Waals surface area contributed by atoms with Crippen molar-refractivity contribution in [3.05, 3.63) is 17.5 Å². The average Bonchev–Trinajstić information content (AvgIpc) is 3.25. The minimum atomic E-state index is 0.490. The fourth-order valence-corrected chi connectivity index (χ4v) is 2.19. The molecule has 0 saturated heterocycles. The van der Waals surface area contributed by atoms with Gasteiger partial charge in [0.05, 0.1) is 0 Å². The van der Waals surface area contributed by atoms with Crippen molar-refractivity contribution in [2.45, 2.75) is 46.2 Å². The lowest BCUT2D eigenvalue weighted by Crippen LogP contribution is -2.26. The topological polar surface area (TPSA) is 50.3 Å². The molecule has 5 nitrogen and oxygen atoms in total. The molecule has 118 valence electrons. The van der Waals surface area contributed by atoms with Crippen LogP contribution in [0.4, 0.5) is 0 Å². The zero-order valence-electron chi connectivity index (χ0n) is 13.7. The van der Waals surface area contributed by atoms with Gasteiger partial charge in [-0.2, -0.15) is 0 Å². The predicted octanol–water partition coefficient (Wildman–Crippen LogP) is 2.00. The van der Waals surface area contributed by atoms with Gasteiger partial charge in [-0.3, -0.25) is 0 Å². The molecule has 1 saturated carbocycles. The van der Waals surface area contributed by atoms with E-state index in [9.17, 15) is 0 Å². The number of hydrogen-bond acceptors (Lipinski definition) is 5. The smallest absolute Gasteiger partial charge is 0.316 e. The predicted molar refractivity (Wildman–Crippen MR) is 84.5 cm³/mol. The van der Waals surface area contributed by atoms with E-state index in [1.165, 1.54) is 12.8 Å². The Balaban J connectivity index is 1.75.